The number of benzene rings is 1. The largest absolute Gasteiger partial charge is 0.375 e. The first-order valence-electron chi connectivity index (χ1n) is 11.3. The van der Waals surface area contributed by atoms with Gasteiger partial charge in [-0.25, -0.2) is 0 Å². The van der Waals surface area contributed by atoms with Gasteiger partial charge in [0, 0.05) is 39.2 Å². The van der Waals surface area contributed by atoms with Gasteiger partial charge in [-0.05, 0) is 56.9 Å². The molecule has 1 aromatic carbocycles. The first kappa shape index (κ1) is 20.4. The Morgan fingerprint density at radius 3 is 2.52 bits per heavy atom. The van der Waals surface area contributed by atoms with Gasteiger partial charge in [0.15, 0.2) is 0 Å². The van der Waals surface area contributed by atoms with Gasteiger partial charge >= 0.3 is 0 Å². The van der Waals surface area contributed by atoms with Gasteiger partial charge in [-0.1, -0.05) is 29.8 Å². The van der Waals surface area contributed by atoms with Crippen molar-refractivity contribution in [3.63, 3.8) is 0 Å². The molecule has 0 saturated carbocycles. The predicted octanol–water partition coefficient (Wildman–Crippen LogP) is 3.34. The van der Waals surface area contributed by atoms with E-state index in [1.807, 2.05) is 21.9 Å². The van der Waals surface area contributed by atoms with E-state index < -0.39 is 0 Å². The van der Waals surface area contributed by atoms with Crippen LogP contribution in [-0.2, 0) is 20.7 Å². The number of likely N-dealkylation sites (tertiary alicyclic amines) is 2. The Morgan fingerprint density at radius 2 is 1.79 bits per heavy atom. The molecule has 5 nitrogen and oxygen atoms in total. The van der Waals surface area contributed by atoms with Gasteiger partial charge in [0.05, 0.1) is 12.0 Å². The summed E-state index contributed by atoms with van der Waals surface area (Å²) in [5, 5.41) is 0. The number of ether oxygens (including phenoxy) is 1. The van der Waals surface area contributed by atoms with E-state index in [9.17, 15) is 9.59 Å². The molecule has 1 unspecified atom stereocenters. The number of aryl methyl sites for hydroxylation is 1. The van der Waals surface area contributed by atoms with Crippen molar-refractivity contribution < 1.29 is 14.3 Å². The topological polar surface area (TPSA) is 49.9 Å². The van der Waals surface area contributed by atoms with Crippen LogP contribution in [0, 0.1) is 12.8 Å². The smallest absolute Gasteiger partial charge is 0.226 e. The molecule has 158 valence electrons. The highest BCUT2D eigenvalue weighted by molar-refractivity contribution is 5.79. The normalized spacial score (nSPS) is 24.1. The van der Waals surface area contributed by atoms with Crippen molar-refractivity contribution in [2.75, 3.05) is 32.8 Å². The van der Waals surface area contributed by atoms with Crippen LogP contribution in [0.3, 0.4) is 0 Å². The summed E-state index contributed by atoms with van der Waals surface area (Å²) >= 11 is 0. The molecule has 5 heteroatoms. The van der Waals surface area contributed by atoms with Crippen LogP contribution in [-0.4, -0.2) is 60.0 Å². The zero-order valence-corrected chi connectivity index (χ0v) is 17.7. The average molecular weight is 399 g/mol. The van der Waals surface area contributed by atoms with Crippen molar-refractivity contribution in [2.24, 2.45) is 5.92 Å². The van der Waals surface area contributed by atoms with E-state index in [0.29, 0.717) is 24.7 Å². The second kappa shape index (κ2) is 8.86. The summed E-state index contributed by atoms with van der Waals surface area (Å²) < 4.78 is 6.24. The third kappa shape index (κ3) is 5.00. The molecular formula is C24H34N2O3. The number of carbonyl (C=O) groups is 2. The molecule has 1 atom stereocenters. The molecule has 3 saturated heterocycles. The minimum Gasteiger partial charge on any atom is -0.375 e. The average Bonchev–Trinajstić information content (AvgIpc) is 3.24. The highest BCUT2D eigenvalue weighted by Gasteiger charge is 2.41. The summed E-state index contributed by atoms with van der Waals surface area (Å²) in [4.78, 5) is 29.3. The van der Waals surface area contributed by atoms with Crippen LogP contribution in [0.15, 0.2) is 24.3 Å². The molecule has 3 aliphatic heterocycles. The fourth-order valence-corrected chi connectivity index (χ4v) is 5.27. The van der Waals surface area contributed by atoms with E-state index in [-0.39, 0.29) is 11.5 Å². The lowest BCUT2D eigenvalue weighted by Crippen LogP contribution is -2.51. The SMILES string of the molecule is Cc1cccc(CC(=O)N2CCC3(CC2)CC(CC(=O)N2CCCC2)CCO3)c1. The fourth-order valence-electron chi connectivity index (χ4n) is 5.27. The zero-order valence-electron chi connectivity index (χ0n) is 17.7. The summed E-state index contributed by atoms with van der Waals surface area (Å²) in [6, 6.07) is 8.20. The number of rotatable bonds is 4. The second-order valence-corrected chi connectivity index (χ2v) is 9.23. The zero-order chi connectivity index (χ0) is 20.3. The van der Waals surface area contributed by atoms with Gasteiger partial charge in [-0.2, -0.15) is 0 Å². The summed E-state index contributed by atoms with van der Waals surface area (Å²) in [6.07, 6.45) is 7.17. The van der Waals surface area contributed by atoms with Crippen LogP contribution >= 0.6 is 0 Å². The summed E-state index contributed by atoms with van der Waals surface area (Å²) in [5.41, 5.74) is 2.15. The number of piperidine rings is 1. The van der Waals surface area contributed by atoms with Crippen molar-refractivity contribution >= 4 is 11.8 Å². The Morgan fingerprint density at radius 1 is 1.07 bits per heavy atom. The number of nitrogens with zero attached hydrogens (tertiary/aromatic N) is 2. The monoisotopic (exact) mass is 398 g/mol. The lowest BCUT2D eigenvalue weighted by atomic mass is 9.78. The Kier molecular flexibility index (Phi) is 6.23. The first-order chi connectivity index (χ1) is 14.0. The van der Waals surface area contributed by atoms with Crippen LogP contribution in [0.4, 0.5) is 0 Å². The van der Waals surface area contributed by atoms with Crippen molar-refractivity contribution in [2.45, 2.75) is 63.9 Å². The molecule has 3 fully saturated rings. The molecular weight excluding hydrogens is 364 g/mol. The van der Waals surface area contributed by atoms with Crippen LogP contribution in [0.25, 0.3) is 0 Å². The van der Waals surface area contributed by atoms with E-state index >= 15 is 0 Å². The lowest BCUT2D eigenvalue weighted by Gasteiger charge is -2.46. The van der Waals surface area contributed by atoms with Crippen LogP contribution in [0.1, 0.15) is 56.1 Å². The van der Waals surface area contributed by atoms with Crippen LogP contribution in [0.5, 0.6) is 0 Å². The molecule has 29 heavy (non-hydrogen) atoms. The lowest BCUT2D eigenvalue weighted by molar-refractivity contribution is -0.149. The third-order valence-electron chi connectivity index (χ3n) is 6.98. The Labute approximate surface area is 174 Å². The highest BCUT2D eigenvalue weighted by Crippen LogP contribution is 2.39. The Hall–Kier alpha value is -1.88. The molecule has 3 heterocycles. The van der Waals surface area contributed by atoms with Gasteiger partial charge in [0.25, 0.3) is 0 Å². The number of hydrogen-bond donors (Lipinski definition) is 0. The molecule has 4 rings (SSSR count). The van der Waals surface area contributed by atoms with Gasteiger partial charge in [0.2, 0.25) is 11.8 Å². The minimum atomic E-state index is -0.131. The Bertz CT molecular complexity index is 733. The van der Waals surface area contributed by atoms with Crippen molar-refractivity contribution in [3.05, 3.63) is 35.4 Å². The predicted molar refractivity (Wildman–Crippen MR) is 113 cm³/mol. The molecule has 0 bridgehead atoms. The maximum Gasteiger partial charge on any atom is 0.226 e. The standard InChI is InChI=1S/C24H34N2O3/c1-19-5-4-6-20(15-19)16-22(27)26-12-8-24(9-13-26)18-21(7-14-29-24)17-23(28)25-10-2-3-11-25/h4-6,15,21H,2-3,7-14,16-18H2,1H3. The molecule has 3 aliphatic rings. The van der Waals surface area contributed by atoms with Gasteiger partial charge in [-0.3, -0.25) is 9.59 Å². The minimum absolute atomic E-state index is 0.131. The van der Waals surface area contributed by atoms with Crippen molar-refractivity contribution in [3.8, 4) is 0 Å². The molecule has 2 amide bonds. The van der Waals surface area contributed by atoms with Crippen molar-refractivity contribution in [1.82, 2.24) is 9.80 Å². The second-order valence-electron chi connectivity index (χ2n) is 9.23. The highest BCUT2D eigenvalue weighted by atomic mass is 16.5. The maximum atomic E-state index is 12.7. The van der Waals surface area contributed by atoms with Crippen LogP contribution in [0.2, 0.25) is 0 Å². The van der Waals surface area contributed by atoms with Gasteiger partial charge in [-0.15, -0.1) is 0 Å². The molecule has 0 aromatic heterocycles. The van der Waals surface area contributed by atoms with Gasteiger partial charge in [0.1, 0.15) is 0 Å². The maximum absolute atomic E-state index is 12.7. The van der Waals surface area contributed by atoms with E-state index in [2.05, 4.69) is 19.1 Å². The van der Waals surface area contributed by atoms with Crippen molar-refractivity contribution in [1.29, 1.82) is 0 Å². The summed E-state index contributed by atoms with van der Waals surface area (Å²) in [7, 11) is 0. The molecule has 1 aromatic rings. The van der Waals surface area contributed by atoms with E-state index in [0.717, 1.165) is 76.9 Å². The number of carbonyl (C=O) groups excluding carboxylic acids is 2. The Balaban J connectivity index is 1.28. The molecule has 0 radical (unpaired) electrons. The summed E-state index contributed by atoms with van der Waals surface area (Å²) in [5.74, 6) is 0.962. The molecule has 0 aliphatic carbocycles. The third-order valence-corrected chi connectivity index (χ3v) is 6.98. The molecule has 0 N–H and O–H groups in total. The number of amides is 2. The quantitative estimate of drug-likeness (QED) is 0.782. The van der Waals surface area contributed by atoms with Crippen LogP contribution < -0.4 is 0 Å². The van der Waals surface area contributed by atoms with E-state index in [1.165, 1.54) is 5.56 Å². The summed E-state index contributed by atoms with van der Waals surface area (Å²) in [6.45, 7) is 6.20. The fraction of sp³-hybridized carbons (Fsp3) is 0.667. The first-order valence-corrected chi connectivity index (χ1v) is 11.3. The van der Waals surface area contributed by atoms with Gasteiger partial charge < -0.3 is 14.5 Å². The molecule has 1 spiro atoms. The van der Waals surface area contributed by atoms with E-state index in [4.69, 9.17) is 4.74 Å². The van der Waals surface area contributed by atoms with E-state index in [1.54, 1.807) is 0 Å². The number of hydrogen-bond acceptors (Lipinski definition) is 3.